The minimum absolute atomic E-state index is 0.0943. The van der Waals surface area contributed by atoms with Crippen molar-refractivity contribution in [3.63, 3.8) is 0 Å². The van der Waals surface area contributed by atoms with Crippen molar-refractivity contribution in [2.75, 3.05) is 24.3 Å². The quantitative estimate of drug-likeness (QED) is 0.791. The fourth-order valence-corrected chi connectivity index (χ4v) is 1.39. The molecule has 0 atom stereocenters. The Balaban J connectivity index is 2.87. The number of amides is 1. The van der Waals surface area contributed by atoms with Gasteiger partial charge in [-0.2, -0.15) is 0 Å². The molecular weight excluding hydrogens is 200 g/mol. The highest BCUT2D eigenvalue weighted by molar-refractivity contribution is 5.99. The molecule has 0 unspecified atom stereocenters. The maximum Gasteiger partial charge on any atom is 0.248 e. The maximum absolute atomic E-state index is 11.4. The number of nitrogens with one attached hydrogen (secondary N) is 1. The molecule has 0 aliphatic heterocycles. The Morgan fingerprint density at radius 3 is 2.56 bits per heavy atom. The summed E-state index contributed by atoms with van der Waals surface area (Å²) in [5.74, 6) is -0.0943. The van der Waals surface area contributed by atoms with Gasteiger partial charge < -0.3 is 10.2 Å². The summed E-state index contributed by atoms with van der Waals surface area (Å²) in [6.07, 6.45) is 3.23. The van der Waals surface area contributed by atoms with Crippen LogP contribution in [0.1, 0.15) is 12.5 Å². The van der Waals surface area contributed by atoms with Crippen LogP contribution in [0.25, 0.3) is 0 Å². The number of carbonyl (C=O) groups excluding carboxylic acids is 1. The molecule has 1 N–H and O–H groups in total. The van der Waals surface area contributed by atoms with Gasteiger partial charge in [0.05, 0.1) is 0 Å². The van der Waals surface area contributed by atoms with Crippen LogP contribution in [0.3, 0.4) is 0 Å². The van der Waals surface area contributed by atoms with Crippen molar-refractivity contribution in [1.82, 2.24) is 0 Å². The van der Waals surface area contributed by atoms with Gasteiger partial charge in [-0.25, -0.2) is 0 Å². The van der Waals surface area contributed by atoms with Crippen molar-refractivity contribution in [3.05, 3.63) is 35.9 Å². The number of carbonyl (C=O) groups is 1. The molecule has 86 valence electrons. The van der Waals surface area contributed by atoms with Crippen LogP contribution in [0.5, 0.6) is 0 Å². The van der Waals surface area contributed by atoms with Crippen LogP contribution in [-0.4, -0.2) is 20.0 Å². The minimum atomic E-state index is -0.0943. The van der Waals surface area contributed by atoms with E-state index in [-0.39, 0.29) is 5.91 Å². The molecule has 3 heteroatoms. The molecule has 0 saturated carbocycles. The molecular formula is C13H18N2O. The smallest absolute Gasteiger partial charge is 0.248 e. The van der Waals surface area contributed by atoms with Crippen LogP contribution in [0.4, 0.5) is 11.4 Å². The third-order valence-corrected chi connectivity index (χ3v) is 2.30. The molecule has 0 spiro atoms. The summed E-state index contributed by atoms with van der Waals surface area (Å²) in [4.78, 5) is 13.4. The van der Waals surface area contributed by atoms with Crippen LogP contribution < -0.4 is 10.2 Å². The number of hydrogen-bond donors (Lipinski definition) is 1. The lowest BCUT2D eigenvalue weighted by molar-refractivity contribution is -0.111. The lowest BCUT2D eigenvalue weighted by Crippen LogP contribution is -2.11. The van der Waals surface area contributed by atoms with Crippen molar-refractivity contribution in [2.45, 2.75) is 13.8 Å². The topological polar surface area (TPSA) is 32.3 Å². The third kappa shape index (κ3) is 3.12. The number of anilines is 2. The summed E-state index contributed by atoms with van der Waals surface area (Å²) in [5.41, 5.74) is 3.04. The highest BCUT2D eigenvalue weighted by atomic mass is 16.1. The Hall–Kier alpha value is -1.77. The SMILES string of the molecule is CC=CC(=O)Nc1ccc(N(C)C)cc1C. The second-order valence-corrected chi connectivity index (χ2v) is 3.88. The number of benzene rings is 1. The van der Waals surface area contributed by atoms with E-state index in [1.54, 1.807) is 6.08 Å². The lowest BCUT2D eigenvalue weighted by atomic mass is 10.1. The van der Waals surface area contributed by atoms with E-state index >= 15 is 0 Å². The average Bonchev–Trinajstić information content (AvgIpc) is 2.21. The van der Waals surface area contributed by atoms with Crippen LogP contribution in [0.2, 0.25) is 0 Å². The summed E-state index contributed by atoms with van der Waals surface area (Å²) in [7, 11) is 3.99. The van der Waals surface area contributed by atoms with Gasteiger partial charge in [-0.3, -0.25) is 4.79 Å². The number of hydrogen-bond acceptors (Lipinski definition) is 2. The van der Waals surface area contributed by atoms with E-state index in [9.17, 15) is 4.79 Å². The fraction of sp³-hybridized carbons (Fsp3) is 0.308. The molecule has 0 heterocycles. The predicted octanol–water partition coefficient (Wildman–Crippen LogP) is 2.58. The summed E-state index contributed by atoms with van der Waals surface area (Å²) in [6, 6.07) is 5.95. The molecule has 0 saturated heterocycles. The first-order chi connectivity index (χ1) is 7.54. The molecule has 1 rings (SSSR count). The molecule has 1 aromatic carbocycles. The Kier molecular flexibility index (Phi) is 4.11. The Labute approximate surface area is 96.8 Å². The molecule has 0 fully saturated rings. The van der Waals surface area contributed by atoms with E-state index in [1.165, 1.54) is 6.08 Å². The van der Waals surface area contributed by atoms with Gasteiger partial charge in [0, 0.05) is 25.5 Å². The number of allylic oxidation sites excluding steroid dienone is 1. The number of aryl methyl sites for hydroxylation is 1. The highest BCUT2D eigenvalue weighted by Crippen LogP contribution is 2.21. The van der Waals surface area contributed by atoms with Crippen LogP contribution in [0.15, 0.2) is 30.4 Å². The first-order valence-corrected chi connectivity index (χ1v) is 5.26. The Morgan fingerprint density at radius 1 is 1.38 bits per heavy atom. The normalized spacial score (nSPS) is 10.5. The monoisotopic (exact) mass is 218 g/mol. The van der Waals surface area contributed by atoms with E-state index in [0.717, 1.165) is 16.9 Å². The van der Waals surface area contributed by atoms with E-state index in [4.69, 9.17) is 0 Å². The number of nitrogens with zero attached hydrogens (tertiary/aromatic N) is 1. The molecule has 1 aromatic rings. The highest BCUT2D eigenvalue weighted by Gasteiger charge is 2.03. The molecule has 0 aliphatic carbocycles. The van der Waals surface area contributed by atoms with Crippen LogP contribution in [0, 0.1) is 6.92 Å². The van der Waals surface area contributed by atoms with Gasteiger partial charge in [0.25, 0.3) is 0 Å². The van der Waals surface area contributed by atoms with Gasteiger partial charge in [0.1, 0.15) is 0 Å². The van der Waals surface area contributed by atoms with Crippen molar-refractivity contribution in [1.29, 1.82) is 0 Å². The molecule has 16 heavy (non-hydrogen) atoms. The first-order valence-electron chi connectivity index (χ1n) is 5.26. The molecule has 0 aliphatic rings. The van der Waals surface area contributed by atoms with E-state index < -0.39 is 0 Å². The van der Waals surface area contributed by atoms with Gasteiger partial charge in [0.15, 0.2) is 0 Å². The standard InChI is InChI=1S/C13H18N2O/c1-5-6-13(16)14-12-8-7-11(15(3)4)9-10(12)2/h5-9H,1-4H3,(H,14,16). The van der Waals surface area contributed by atoms with Crippen LogP contribution in [-0.2, 0) is 4.79 Å². The predicted molar refractivity (Wildman–Crippen MR) is 68.9 cm³/mol. The second kappa shape index (κ2) is 5.35. The molecule has 0 bridgehead atoms. The summed E-state index contributed by atoms with van der Waals surface area (Å²) in [6.45, 7) is 3.81. The molecule has 0 radical (unpaired) electrons. The number of rotatable bonds is 3. The summed E-state index contributed by atoms with van der Waals surface area (Å²) < 4.78 is 0. The van der Waals surface area contributed by atoms with Gasteiger partial charge >= 0.3 is 0 Å². The maximum atomic E-state index is 11.4. The third-order valence-electron chi connectivity index (χ3n) is 2.30. The van der Waals surface area contributed by atoms with E-state index in [2.05, 4.69) is 5.32 Å². The summed E-state index contributed by atoms with van der Waals surface area (Å²) in [5, 5.41) is 2.83. The van der Waals surface area contributed by atoms with Crippen molar-refractivity contribution >= 4 is 17.3 Å². The van der Waals surface area contributed by atoms with Crippen molar-refractivity contribution in [3.8, 4) is 0 Å². The van der Waals surface area contributed by atoms with E-state index in [1.807, 2.05) is 51.0 Å². The van der Waals surface area contributed by atoms with Gasteiger partial charge in [-0.15, -0.1) is 0 Å². The van der Waals surface area contributed by atoms with Gasteiger partial charge in [-0.1, -0.05) is 6.08 Å². The van der Waals surface area contributed by atoms with Gasteiger partial charge in [0.2, 0.25) is 5.91 Å². The molecule has 0 aromatic heterocycles. The van der Waals surface area contributed by atoms with Gasteiger partial charge in [-0.05, 0) is 43.7 Å². The lowest BCUT2D eigenvalue weighted by Gasteiger charge is -2.15. The largest absolute Gasteiger partial charge is 0.378 e. The summed E-state index contributed by atoms with van der Waals surface area (Å²) >= 11 is 0. The second-order valence-electron chi connectivity index (χ2n) is 3.88. The van der Waals surface area contributed by atoms with Crippen molar-refractivity contribution < 1.29 is 4.79 Å². The Morgan fingerprint density at radius 2 is 2.06 bits per heavy atom. The zero-order chi connectivity index (χ0) is 12.1. The zero-order valence-electron chi connectivity index (χ0n) is 10.2. The van der Waals surface area contributed by atoms with E-state index in [0.29, 0.717) is 0 Å². The van der Waals surface area contributed by atoms with Crippen LogP contribution >= 0.6 is 0 Å². The minimum Gasteiger partial charge on any atom is -0.378 e. The average molecular weight is 218 g/mol. The fourth-order valence-electron chi connectivity index (χ4n) is 1.39. The molecule has 3 nitrogen and oxygen atoms in total. The first kappa shape index (κ1) is 12.3. The zero-order valence-corrected chi connectivity index (χ0v) is 10.2. The Bertz CT molecular complexity index is 408. The van der Waals surface area contributed by atoms with Crippen molar-refractivity contribution in [2.24, 2.45) is 0 Å². The molecule has 1 amide bonds.